The maximum Gasteiger partial charge on any atom is 0.272 e. The van der Waals surface area contributed by atoms with Crippen molar-refractivity contribution in [3.8, 4) is 33.9 Å². The van der Waals surface area contributed by atoms with Gasteiger partial charge in [-0.15, -0.1) is 0 Å². The predicted molar refractivity (Wildman–Crippen MR) is 140 cm³/mol. The lowest BCUT2D eigenvalue weighted by atomic mass is 9.98. The molecule has 5 rings (SSSR count). The number of hydrogen-bond acceptors (Lipinski definition) is 4. The highest BCUT2D eigenvalue weighted by Gasteiger charge is 2.26. The van der Waals surface area contributed by atoms with Crippen molar-refractivity contribution in [2.45, 2.75) is 13.1 Å². The summed E-state index contributed by atoms with van der Waals surface area (Å²) >= 11 is 0. The van der Waals surface area contributed by atoms with E-state index in [1.807, 2.05) is 91.0 Å². The van der Waals surface area contributed by atoms with E-state index in [4.69, 9.17) is 5.10 Å². The van der Waals surface area contributed by atoms with Crippen LogP contribution in [0.4, 0.5) is 0 Å². The van der Waals surface area contributed by atoms with Crippen molar-refractivity contribution in [2.24, 2.45) is 0 Å². The Morgan fingerprint density at radius 3 is 1.97 bits per heavy atom. The molecule has 0 aliphatic heterocycles. The molecule has 0 bridgehead atoms. The molecular formula is C30H25N3O3. The third-order valence-corrected chi connectivity index (χ3v) is 5.95. The van der Waals surface area contributed by atoms with Crippen molar-refractivity contribution in [1.29, 1.82) is 0 Å². The molecule has 5 aromatic rings. The summed E-state index contributed by atoms with van der Waals surface area (Å²) in [6.45, 7) is 0.790. The second-order valence-electron chi connectivity index (χ2n) is 8.45. The molecule has 36 heavy (non-hydrogen) atoms. The third kappa shape index (κ3) is 4.83. The number of hydrogen-bond donors (Lipinski definition) is 3. The number of aromatic nitrogens is 2. The molecule has 0 atom stereocenters. The average Bonchev–Trinajstić information content (AvgIpc) is 3.29. The van der Waals surface area contributed by atoms with Crippen LogP contribution in [0, 0.1) is 0 Å². The molecule has 0 saturated carbocycles. The number of amides is 1. The predicted octanol–water partition coefficient (Wildman–Crippen LogP) is 5.61. The topological polar surface area (TPSA) is 87.4 Å². The Morgan fingerprint density at radius 2 is 1.33 bits per heavy atom. The first-order chi connectivity index (χ1) is 17.6. The minimum absolute atomic E-state index is 0.213. The molecule has 0 aliphatic rings. The highest BCUT2D eigenvalue weighted by atomic mass is 16.3. The lowest BCUT2D eigenvalue weighted by Crippen LogP contribution is -2.24. The first-order valence-electron chi connectivity index (χ1n) is 11.6. The van der Waals surface area contributed by atoms with Crippen molar-refractivity contribution in [2.75, 3.05) is 0 Å². The Hall–Kier alpha value is -4.84. The highest BCUT2D eigenvalue weighted by molar-refractivity contribution is 6.03. The summed E-state index contributed by atoms with van der Waals surface area (Å²) in [5, 5.41) is 28.0. The van der Waals surface area contributed by atoms with Gasteiger partial charge in [-0.3, -0.25) is 9.48 Å². The van der Waals surface area contributed by atoms with Gasteiger partial charge in [0.25, 0.3) is 5.91 Å². The fourth-order valence-corrected chi connectivity index (χ4v) is 4.20. The summed E-state index contributed by atoms with van der Waals surface area (Å²) < 4.78 is 1.78. The largest absolute Gasteiger partial charge is 0.504 e. The van der Waals surface area contributed by atoms with Gasteiger partial charge in [0, 0.05) is 17.7 Å². The molecule has 3 N–H and O–H groups in total. The van der Waals surface area contributed by atoms with Gasteiger partial charge in [0.1, 0.15) is 0 Å². The second-order valence-corrected chi connectivity index (χ2v) is 8.45. The number of carbonyl (C=O) groups excluding carboxylic acids is 1. The fraction of sp³-hybridized carbons (Fsp3) is 0.0667. The molecule has 0 aliphatic carbocycles. The van der Waals surface area contributed by atoms with E-state index in [-0.39, 0.29) is 23.1 Å². The summed E-state index contributed by atoms with van der Waals surface area (Å²) in [5.41, 5.74) is 5.07. The molecule has 6 heteroatoms. The van der Waals surface area contributed by atoms with Crippen molar-refractivity contribution in [3.63, 3.8) is 0 Å². The van der Waals surface area contributed by atoms with Crippen LogP contribution in [0.25, 0.3) is 22.4 Å². The molecule has 1 amide bonds. The van der Waals surface area contributed by atoms with Crippen molar-refractivity contribution in [3.05, 3.63) is 126 Å². The van der Waals surface area contributed by atoms with Crippen molar-refractivity contribution in [1.82, 2.24) is 15.1 Å². The molecule has 0 saturated heterocycles. The maximum absolute atomic E-state index is 13.5. The van der Waals surface area contributed by atoms with E-state index in [0.717, 1.165) is 16.7 Å². The molecule has 0 spiro atoms. The van der Waals surface area contributed by atoms with Crippen molar-refractivity contribution >= 4 is 5.91 Å². The number of phenolic OH excluding ortho intramolecular Hbond substituents is 2. The van der Waals surface area contributed by atoms with Crippen LogP contribution >= 0.6 is 0 Å². The molecule has 178 valence electrons. The molecular weight excluding hydrogens is 450 g/mol. The smallest absolute Gasteiger partial charge is 0.272 e. The Kier molecular flexibility index (Phi) is 6.49. The second kappa shape index (κ2) is 10.2. The minimum Gasteiger partial charge on any atom is -0.504 e. The third-order valence-electron chi connectivity index (χ3n) is 5.95. The zero-order chi connectivity index (χ0) is 24.9. The lowest BCUT2D eigenvalue weighted by molar-refractivity contribution is 0.0945. The highest BCUT2D eigenvalue weighted by Crippen LogP contribution is 2.38. The molecule has 1 aromatic heterocycles. The van der Waals surface area contributed by atoms with Gasteiger partial charge in [-0.05, 0) is 34.9 Å². The number of benzene rings is 4. The summed E-state index contributed by atoms with van der Waals surface area (Å²) in [4.78, 5) is 13.5. The number of nitrogens with one attached hydrogen (secondary N) is 1. The summed E-state index contributed by atoms with van der Waals surface area (Å²) in [5.74, 6) is -0.752. The van der Waals surface area contributed by atoms with Crippen LogP contribution in [0.3, 0.4) is 0 Å². The molecule has 6 nitrogen and oxygen atoms in total. The summed E-state index contributed by atoms with van der Waals surface area (Å²) in [7, 11) is 0. The molecule has 0 fully saturated rings. The Labute approximate surface area is 209 Å². The fourth-order valence-electron chi connectivity index (χ4n) is 4.20. The van der Waals surface area contributed by atoms with Crippen LogP contribution in [0.5, 0.6) is 11.5 Å². The average molecular weight is 476 g/mol. The van der Waals surface area contributed by atoms with E-state index < -0.39 is 0 Å². The van der Waals surface area contributed by atoms with Crippen LogP contribution in [-0.4, -0.2) is 25.9 Å². The van der Waals surface area contributed by atoms with Gasteiger partial charge >= 0.3 is 0 Å². The van der Waals surface area contributed by atoms with Crippen LogP contribution < -0.4 is 5.32 Å². The Balaban J connectivity index is 1.66. The van der Waals surface area contributed by atoms with Gasteiger partial charge in [0.2, 0.25) is 0 Å². The molecule has 1 heterocycles. The Bertz CT molecular complexity index is 1480. The van der Waals surface area contributed by atoms with E-state index in [1.165, 1.54) is 12.1 Å². The van der Waals surface area contributed by atoms with E-state index in [1.54, 1.807) is 10.7 Å². The zero-order valence-corrected chi connectivity index (χ0v) is 19.5. The normalized spacial score (nSPS) is 10.8. The number of phenols is 2. The lowest BCUT2D eigenvalue weighted by Gasteiger charge is -2.12. The van der Waals surface area contributed by atoms with Gasteiger partial charge in [-0.25, -0.2) is 0 Å². The van der Waals surface area contributed by atoms with Gasteiger partial charge in [0.15, 0.2) is 17.2 Å². The van der Waals surface area contributed by atoms with Crippen LogP contribution in [-0.2, 0) is 13.1 Å². The van der Waals surface area contributed by atoms with E-state index >= 15 is 0 Å². The first kappa shape index (κ1) is 22.9. The summed E-state index contributed by atoms with van der Waals surface area (Å²) in [6, 6.07) is 33.8. The zero-order valence-electron chi connectivity index (χ0n) is 19.5. The summed E-state index contributed by atoms with van der Waals surface area (Å²) in [6.07, 6.45) is 0. The van der Waals surface area contributed by atoms with Gasteiger partial charge in [0.05, 0.1) is 12.2 Å². The van der Waals surface area contributed by atoms with Gasteiger partial charge in [-0.2, -0.15) is 5.10 Å². The van der Waals surface area contributed by atoms with E-state index in [2.05, 4.69) is 5.32 Å². The standard InChI is InChI=1S/C30H25N3O3/c34-25-17-16-24(18-26(25)35)29-27(23-14-8-3-9-15-23)28(30(36)31-19-21-10-4-1-5-11-21)32-33(29)20-22-12-6-2-7-13-22/h1-18,34-35H,19-20H2,(H,31,36). The maximum atomic E-state index is 13.5. The number of nitrogens with zero attached hydrogens (tertiary/aromatic N) is 2. The quantitative estimate of drug-likeness (QED) is 0.267. The molecule has 4 aromatic carbocycles. The van der Waals surface area contributed by atoms with Crippen LogP contribution in [0.2, 0.25) is 0 Å². The van der Waals surface area contributed by atoms with E-state index in [9.17, 15) is 15.0 Å². The number of carbonyl (C=O) groups is 1. The number of aromatic hydroxyl groups is 2. The van der Waals surface area contributed by atoms with Crippen molar-refractivity contribution < 1.29 is 15.0 Å². The number of rotatable bonds is 7. The SMILES string of the molecule is O=C(NCc1ccccc1)c1nn(Cc2ccccc2)c(-c2ccc(O)c(O)c2)c1-c1ccccc1. The van der Waals surface area contributed by atoms with Crippen LogP contribution in [0.1, 0.15) is 21.6 Å². The van der Waals surface area contributed by atoms with Crippen LogP contribution in [0.15, 0.2) is 109 Å². The van der Waals surface area contributed by atoms with Gasteiger partial charge < -0.3 is 15.5 Å². The molecule has 0 unspecified atom stereocenters. The monoisotopic (exact) mass is 475 g/mol. The Morgan fingerprint density at radius 1 is 0.722 bits per heavy atom. The van der Waals surface area contributed by atoms with E-state index in [0.29, 0.717) is 29.9 Å². The van der Waals surface area contributed by atoms with Gasteiger partial charge in [-0.1, -0.05) is 91.0 Å². The minimum atomic E-state index is -0.297. The first-order valence-corrected chi connectivity index (χ1v) is 11.6. The molecule has 0 radical (unpaired) electrons.